The Morgan fingerprint density at radius 3 is 2.19 bits per heavy atom. The number of nitrogens with zero attached hydrogens (tertiary/aromatic N) is 1. The molecule has 3 N–H and O–H groups in total. The van der Waals surface area contributed by atoms with E-state index in [2.05, 4.69) is 27.7 Å². The molecule has 2 saturated heterocycles. The molecule has 8 heteroatoms. The number of carbonyl (C=O) groups excluding carboxylic acids is 2. The summed E-state index contributed by atoms with van der Waals surface area (Å²) >= 11 is 0. The van der Waals surface area contributed by atoms with Gasteiger partial charge in [0, 0.05) is 45.0 Å². The lowest BCUT2D eigenvalue weighted by atomic mass is 9.99. The van der Waals surface area contributed by atoms with Crippen LogP contribution in [0.3, 0.4) is 0 Å². The second kappa shape index (κ2) is 17.4. The van der Waals surface area contributed by atoms with Gasteiger partial charge in [0.25, 0.3) is 0 Å². The molecule has 0 spiro atoms. The number of rotatable bonds is 13. The predicted molar refractivity (Wildman–Crippen MR) is 163 cm³/mol. The Labute approximate surface area is 251 Å². The van der Waals surface area contributed by atoms with Crippen LogP contribution in [0.15, 0.2) is 48.5 Å². The average Bonchev–Trinajstić information content (AvgIpc) is 2.99. The van der Waals surface area contributed by atoms with Crippen molar-refractivity contribution < 1.29 is 24.2 Å². The molecule has 2 amide bonds. The first-order chi connectivity index (χ1) is 20.5. The summed E-state index contributed by atoms with van der Waals surface area (Å²) in [5.41, 5.74) is 4.00. The summed E-state index contributed by atoms with van der Waals surface area (Å²) in [6.45, 7) is 5.84. The smallest absolute Gasteiger partial charge is 0.220 e. The lowest BCUT2D eigenvalue weighted by Crippen LogP contribution is -2.40. The number of hydrogen-bond donors (Lipinski definition) is 3. The van der Waals surface area contributed by atoms with Gasteiger partial charge < -0.3 is 30.1 Å². The van der Waals surface area contributed by atoms with E-state index in [0.29, 0.717) is 19.5 Å². The van der Waals surface area contributed by atoms with Gasteiger partial charge in [0.05, 0.1) is 18.8 Å². The fraction of sp³-hybridized carbons (Fsp3) is 0.588. The number of aliphatic hydroxyl groups excluding tert-OH is 1. The van der Waals surface area contributed by atoms with E-state index in [9.17, 15) is 14.7 Å². The molecule has 0 unspecified atom stereocenters. The highest BCUT2D eigenvalue weighted by molar-refractivity contribution is 5.75. The second-order valence-electron chi connectivity index (χ2n) is 11.7. The molecule has 2 aliphatic rings. The highest BCUT2D eigenvalue weighted by Gasteiger charge is 2.33. The molecule has 2 aromatic rings. The number of nitrogens with one attached hydrogen (secondary N) is 2. The van der Waals surface area contributed by atoms with Crippen LogP contribution in [0, 0.1) is 0 Å². The Morgan fingerprint density at radius 1 is 0.833 bits per heavy atom. The third-order valence-corrected chi connectivity index (χ3v) is 8.22. The van der Waals surface area contributed by atoms with E-state index in [1.54, 1.807) is 0 Å². The summed E-state index contributed by atoms with van der Waals surface area (Å²) in [7, 11) is 0. The van der Waals surface area contributed by atoms with Gasteiger partial charge in [0.15, 0.2) is 6.29 Å². The number of carbonyl (C=O) groups is 2. The minimum absolute atomic E-state index is 0.0169. The van der Waals surface area contributed by atoms with Crippen LogP contribution >= 0.6 is 0 Å². The topological polar surface area (TPSA) is 100 Å². The molecule has 2 aromatic carbocycles. The Kier molecular flexibility index (Phi) is 13.3. The van der Waals surface area contributed by atoms with E-state index < -0.39 is 6.29 Å². The first-order valence-corrected chi connectivity index (χ1v) is 15.8. The average molecular weight is 580 g/mol. The zero-order valence-corrected chi connectivity index (χ0v) is 25.2. The molecule has 4 rings (SSSR count). The Hall–Kier alpha value is -2.78. The van der Waals surface area contributed by atoms with Crippen molar-refractivity contribution >= 4 is 11.8 Å². The van der Waals surface area contributed by atoms with Gasteiger partial charge in [-0.2, -0.15) is 0 Å². The monoisotopic (exact) mass is 579 g/mol. The largest absolute Gasteiger partial charge is 0.392 e. The number of likely N-dealkylation sites (tertiary alicyclic amines) is 1. The highest BCUT2D eigenvalue weighted by Crippen LogP contribution is 2.38. The van der Waals surface area contributed by atoms with E-state index in [0.717, 1.165) is 67.6 Å². The van der Waals surface area contributed by atoms with Gasteiger partial charge in [-0.15, -0.1) is 0 Å². The lowest BCUT2D eigenvalue weighted by molar-refractivity contribution is -0.253. The number of aliphatic hydroxyl groups is 1. The van der Waals surface area contributed by atoms with Crippen molar-refractivity contribution in [2.24, 2.45) is 0 Å². The molecule has 42 heavy (non-hydrogen) atoms. The van der Waals surface area contributed by atoms with Gasteiger partial charge in [0.2, 0.25) is 11.8 Å². The van der Waals surface area contributed by atoms with Crippen molar-refractivity contribution in [1.82, 2.24) is 15.5 Å². The van der Waals surface area contributed by atoms with Crippen LogP contribution in [0.4, 0.5) is 0 Å². The number of hydrogen-bond acceptors (Lipinski definition) is 6. The first-order valence-electron chi connectivity index (χ1n) is 15.8. The van der Waals surface area contributed by atoms with Crippen molar-refractivity contribution in [2.45, 2.75) is 103 Å². The fourth-order valence-corrected chi connectivity index (χ4v) is 5.75. The summed E-state index contributed by atoms with van der Waals surface area (Å²) in [4.78, 5) is 25.8. The summed E-state index contributed by atoms with van der Waals surface area (Å²) in [5, 5.41) is 15.3. The minimum Gasteiger partial charge on any atom is -0.392 e. The highest BCUT2D eigenvalue weighted by atomic mass is 16.7. The lowest BCUT2D eigenvalue weighted by Gasteiger charge is -2.38. The molecule has 2 heterocycles. The molecule has 0 aliphatic carbocycles. The Bertz CT molecular complexity index is 1080. The van der Waals surface area contributed by atoms with Crippen LogP contribution in [-0.2, 0) is 32.2 Å². The van der Waals surface area contributed by atoms with E-state index in [1.165, 1.54) is 39.0 Å². The van der Waals surface area contributed by atoms with Crippen molar-refractivity contribution in [3.05, 3.63) is 70.8 Å². The maximum Gasteiger partial charge on any atom is 0.220 e. The van der Waals surface area contributed by atoms with Crippen molar-refractivity contribution in [3.8, 4) is 0 Å². The van der Waals surface area contributed by atoms with Crippen LogP contribution < -0.4 is 10.6 Å². The first kappa shape index (κ1) is 32.1. The number of ether oxygens (including phenoxy) is 2. The van der Waals surface area contributed by atoms with Gasteiger partial charge in [-0.1, -0.05) is 74.2 Å². The second-order valence-corrected chi connectivity index (χ2v) is 11.7. The summed E-state index contributed by atoms with van der Waals surface area (Å²) in [6.07, 6.45) is 9.83. The normalized spacial score (nSPS) is 21.7. The van der Waals surface area contributed by atoms with Crippen LogP contribution in [0.25, 0.3) is 0 Å². The van der Waals surface area contributed by atoms with E-state index >= 15 is 0 Å². The summed E-state index contributed by atoms with van der Waals surface area (Å²) in [5.74, 6) is 0.0244. The molecule has 230 valence electrons. The minimum atomic E-state index is -0.470. The fourth-order valence-electron chi connectivity index (χ4n) is 5.75. The zero-order chi connectivity index (χ0) is 29.6. The molecule has 0 aromatic heterocycles. The Morgan fingerprint density at radius 2 is 1.50 bits per heavy atom. The van der Waals surface area contributed by atoms with E-state index in [-0.39, 0.29) is 30.6 Å². The molecule has 0 bridgehead atoms. The van der Waals surface area contributed by atoms with Gasteiger partial charge in [-0.3, -0.25) is 9.59 Å². The predicted octanol–water partition coefficient (Wildman–Crippen LogP) is 5.30. The molecule has 2 fully saturated rings. The summed E-state index contributed by atoms with van der Waals surface area (Å²) < 4.78 is 13.1. The third kappa shape index (κ3) is 10.8. The van der Waals surface area contributed by atoms with Crippen molar-refractivity contribution in [2.75, 3.05) is 26.2 Å². The van der Waals surface area contributed by atoms with Gasteiger partial charge in [0.1, 0.15) is 0 Å². The Balaban J connectivity index is 1.32. The molecule has 3 atom stereocenters. The van der Waals surface area contributed by atoms with Crippen LogP contribution in [-0.4, -0.2) is 54.1 Å². The van der Waals surface area contributed by atoms with Gasteiger partial charge >= 0.3 is 0 Å². The SMILES string of the molecule is CC(=O)NCCCCCC(=O)NCc1ccc([C@@H]2O[C@H](CN3CCCCCCC3)C[C@H](c3ccc(CO)cc3)O2)cc1. The standard InChI is InChI=1S/C34H49N3O5/c1-26(39)35-19-7-5-6-10-33(40)36-23-27-11-17-30(18-12-27)34-41-31(24-37-20-8-3-2-4-9-21-37)22-32(42-34)29-15-13-28(25-38)14-16-29/h11-18,31-32,34,38H,2-10,19-25H2,1H3,(H,35,39)(H,36,40)/t31-,32+,34+/m0/s1. The number of benzene rings is 2. The van der Waals surface area contributed by atoms with E-state index in [4.69, 9.17) is 9.47 Å². The molecule has 0 saturated carbocycles. The van der Waals surface area contributed by atoms with E-state index in [1.807, 2.05) is 36.4 Å². The van der Waals surface area contributed by atoms with Gasteiger partial charge in [-0.25, -0.2) is 0 Å². The zero-order valence-electron chi connectivity index (χ0n) is 25.2. The molecular weight excluding hydrogens is 530 g/mol. The van der Waals surface area contributed by atoms with Crippen LogP contribution in [0.1, 0.15) is 106 Å². The molecule has 0 radical (unpaired) electrons. The summed E-state index contributed by atoms with van der Waals surface area (Å²) in [6, 6.07) is 16.2. The van der Waals surface area contributed by atoms with Gasteiger partial charge in [-0.05, 0) is 55.5 Å². The molecule has 8 nitrogen and oxygen atoms in total. The third-order valence-electron chi connectivity index (χ3n) is 8.22. The van der Waals surface area contributed by atoms with Crippen molar-refractivity contribution in [3.63, 3.8) is 0 Å². The van der Waals surface area contributed by atoms with Crippen LogP contribution in [0.2, 0.25) is 0 Å². The van der Waals surface area contributed by atoms with Crippen LogP contribution in [0.5, 0.6) is 0 Å². The maximum atomic E-state index is 12.3. The molecule has 2 aliphatic heterocycles. The van der Waals surface area contributed by atoms with Crippen molar-refractivity contribution in [1.29, 1.82) is 0 Å². The quantitative estimate of drug-likeness (QED) is 0.279. The number of amides is 2. The molecular formula is C34H49N3O5. The number of unbranched alkanes of at least 4 members (excludes halogenated alkanes) is 2. The maximum absolute atomic E-state index is 12.3.